The molecule has 11 rings (SSSR count). The number of aryl methyl sites for hydroxylation is 1. The lowest BCUT2D eigenvalue weighted by Crippen LogP contribution is -2.47. The number of amides is 3. The number of carbonyl (C=O) groups is 4. The molecule has 0 spiro atoms. The molecule has 3 amide bonds. The zero-order chi connectivity index (χ0) is 52.8. The van der Waals surface area contributed by atoms with Crippen LogP contribution >= 0.6 is 11.3 Å². The van der Waals surface area contributed by atoms with Crippen LogP contribution in [0.15, 0.2) is 84.9 Å². The number of alkyl halides is 3. The number of aromatic nitrogens is 4. The van der Waals surface area contributed by atoms with Gasteiger partial charge in [-0.3, -0.25) is 34.6 Å². The largest absolute Gasteiger partial charge is 0.490 e. The van der Waals surface area contributed by atoms with Gasteiger partial charge >= 0.3 is 12.1 Å². The predicted molar refractivity (Wildman–Crippen MR) is 280 cm³/mol. The number of para-hydroxylation sites is 1. The van der Waals surface area contributed by atoms with E-state index in [1.54, 1.807) is 23.9 Å². The van der Waals surface area contributed by atoms with Gasteiger partial charge in [-0.25, -0.2) is 19.2 Å². The average Bonchev–Trinajstić information content (AvgIpc) is 4.02. The number of piperazine rings is 1. The van der Waals surface area contributed by atoms with Crippen LogP contribution in [-0.2, 0) is 35.8 Å². The summed E-state index contributed by atoms with van der Waals surface area (Å²) in [4.78, 5) is 65.9. The van der Waals surface area contributed by atoms with E-state index in [1.165, 1.54) is 41.7 Å². The Hall–Kier alpha value is -7.45. The zero-order valence-corrected chi connectivity index (χ0v) is 42.5. The van der Waals surface area contributed by atoms with Gasteiger partial charge in [0.05, 0.1) is 44.7 Å². The summed E-state index contributed by atoms with van der Waals surface area (Å²) in [6.07, 6.45) is 1.11. The van der Waals surface area contributed by atoms with Gasteiger partial charge < -0.3 is 19.6 Å². The number of ether oxygens (including phenoxy) is 1. The maximum atomic E-state index is 15.7. The molecule has 4 aromatic carbocycles. The summed E-state index contributed by atoms with van der Waals surface area (Å²) in [6, 6.07) is 22.9. The predicted octanol–water partition coefficient (Wildman–Crippen LogP) is 9.98. The van der Waals surface area contributed by atoms with Gasteiger partial charge in [0.25, 0.3) is 5.91 Å². The van der Waals surface area contributed by atoms with Crippen molar-refractivity contribution in [1.82, 2.24) is 30.0 Å². The number of nitrogens with one attached hydrogen (secondary N) is 2. The van der Waals surface area contributed by atoms with Crippen LogP contribution in [0.5, 0.6) is 5.75 Å². The number of fused-ring (bicyclic) bond motifs is 3. The Labute approximate surface area is 438 Å². The van der Waals surface area contributed by atoms with Gasteiger partial charge in [0.1, 0.15) is 17.4 Å². The third kappa shape index (κ3) is 10.4. The first-order chi connectivity index (χ1) is 36.6. The average molecular weight is 1060 g/mol. The van der Waals surface area contributed by atoms with Crippen LogP contribution in [0.4, 0.5) is 34.2 Å². The number of thiazole rings is 1. The number of halogens is 4. The zero-order valence-electron chi connectivity index (χ0n) is 41.7. The van der Waals surface area contributed by atoms with Crippen molar-refractivity contribution in [3.05, 3.63) is 124 Å². The summed E-state index contributed by atoms with van der Waals surface area (Å²) < 4.78 is 69.1. The molecule has 3 fully saturated rings. The standard InChI is InChI=1S/C56H55F4N9O6S/c1-66-45-30-46(43(57)29-40(45)50(65-66)39-18-20-49(70)63-53(39)72)68-26-24-67(25-27-68)22-5-6-32-11-13-34(14-12-32)75-35-15-16-36(42(28-35)56(58,59)60)37-17-19-48(62-51(37)54(73)74)69-23-21-33-7-4-8-38(41(33)31-69)52(71)64-55-61-44-9-2-3-10-47(44)76-55/h2-4,7-10,15-17,19,28-30,32,34,39H,5-6,11-14,18,20-27,31H2,1H3,(H,73,74)(H,61,64,71)(H,63,70,72). The summed E-state index contributed by atoms with van der Waals surface area (Å²) in [6.45, 7) is 4.41. The number of nitrogens with zero attached hydrogens (tertiary/aromatic N) is 7. The number of benzene rings is 4. The summed E-state index contributed by atoms with van der Waals surface area (Å²) in [5.41, 5.74) is 2.55. The van der Waals surface area contributed by atoms with Crippen molar-refractivity contribution in [3.63, 3.8) is 0 Å². The van der Waals surface area contributed by atoms with Crippen LogP contribution in [0, 0.1) is 11.7 Å². The quantitative estimate of drug-likeness (QED) is 0.0738. The number of imide groups is 1. The van der Waals surface area contributed by atoms with E-state index in [2.05, 4.69) is 30.6 Å². The highest BCUT2D eigenvalue weighted by Gasteiger charge is 2.37. The third-order valence-corrected chi connectivity index (χ3v) is 16.4. The van der Waals surface area contributed by atoms with Crippen LogP contribution < -0.4 is 25.2 Å². The van der Waals surface area contributed by atoms with Gasteiger partial charge in [-0.05, 0) is 135 Å². The molecule has 0 radical (unpaired) electrons. The number of rotatable bonds is 13. The van der Waals surface area contributed by atoms with E-state index in [0.717, 1.165) is 78.2 Å². The summed E-state index contributed by atoms with van der Waals surface area (Å²) in [5.74, 6) is -2.75. The number of piperidine rings is 1. The molecule has 7 aromatic rings. The fraction of sp³-hybridized carbons (Fsp3) is 0.375. The molecule has 2 saturated heterocycles. The maximum absolute atomic E-state index is 15.7. The van der Waals surface area contributed by atoms with E-state index in [-0.39, 0.29) is 59.4 Å². The molecule has 394 valence electrons. The second kappa shape index (κ2) is 20.9. The van der Waals surface area contributed by atoms with E-state index >= 15 is 4.39 Å². The van der Waals surface area contributed by atoms with Gasteiger partial charge in [-0.2, -0.15) is 18.3 Å². The molecule has 3 aromatic heterocycles. The van der Waals surface area contributed by atoms with Crippen molar-refractivity contribution in [2.75, 3.05) is 54.4 Å². The second-order valence-corrected chi connectivity index (χ2v) is 21.2. The highest BCUT2D eigenvalue weighted by atomic mass is 32.1. The minimum atomic E-state index is -4.83. The lowest BCUT2D eigenvalue weighted by Gasteiger charge is -2.36. The second-order valence-electron chi connectivity index (χ2n) is 20.2. The number of carboxylic acids is 1. The molecular formula is C56H55F4N9O6S. The van der Waals surface area contributed by atoms with Crippen LogP contribution in [0.2, 0.25) is 0 Å². The smallest absolute Gasteiger partial charge is 0.417 e. The SMILES string of the molecule is Cn1nc(C2CCC(=O)NC2=O)c2cc(F)c(N3CCN(CCCC4CCC(Oc5ccc(-c6ccc(N7CCc8cccc(C(=O)Nc9nc%10ccccc%10s9)c8C7)nc6C(=O)O)c(C(F)(F)F)c5)CC4)CC3)cc21. The molecule has 20 heteroatoms. The lowest BCUT2D eigenvalue weighted by atomic mass is 9.84. The molecule has 1 saturated carbocycles. The molecule has 15 nitrogen and oxygen atoms in total. The maximum Gasteiger partial charge on any atom is 0.417 e. The molecule has 6 heterocycles. The molecule has 1 aliphatic carbocycles. The minimum absolute atomic E-state index is 0.0622. The number of aromatic carboxylic acids is 1. The van der Waals surface area contributed by atoms with Crippen molar-refractivity contribution in [2.45, 2.75) is 82.5 Å². The third-order valence-electron chi connectivity index (χ3n) is 15.4. The molecule has 3 N–H and O–H groups in total. The van der Waals surface area contributed by atoms with Crippen LogP contribution in [-0.4, -0.2) is 98.8 Å². The van der Waals surface area contributed by atoms with Crippen LogP contribution in [0.3, 0.4) is 0 Å². The van der Waals surface area contributed by atoms with Crippen LogP contribution in [0.1, 0.15) is 101 Å². The first kappa shape index (κ1) is 50.7. The number of hydrogen-bond donors (Lipinski definition) is 3. The minimum Gasteiger partial charge on any atom is -0.490 e. The monoisotopic (exact) mass is 1060 g/mol. The number of pyridine rings is 1. The number of carbonyl (C=O) groups excluding carboxylic acids is 3. The van der Waals surface area contributed by atoms with Gasteiger partial charge in [0.2, 0.25) is 11.8 Å². The Morgan fingerprint density at radius 3 is 2.42 bits per heavy atom. The molecule has 3 aliphatic heterocycles. The van der Waals surface area contributed by atoms with Gasteiger partial charge in [-0.1, -0.05) is 41.7 Å². The van der Waals surface area contributed by atoms with E-state index in [1.807, 2.05) is 46.2 Å². The highest BCUT2D eigenvalue weighted by molar-refractivity contribution is 7.22. The van der Waals surface area contributed by atoms with E-state index in [9.17, 15) is 37.5 Å². The fourth-order valence-corrected chi connectivity index (χ4v) is 12.3. The molecule has 76 heavy (non-hydrogen) atoms. The normalized spacial score (nSPS) is 19.5. The molecule has 0 bridgehead atoms. The molecule has 1 unspecified atom stereocenters. The van der Waals surface area contributed by atoms with Gasteiger partial charge in [-0.15, -0.1) is 0 Å². The fourth-order valence-electron chi connectivity index (χ4n) is 11.4. The van der Waals surface area contributed by atoms with Crippen molar-refractivity contribution in [2.24, 2.45) is 13.0 Å². The Morgan fingerprint density at radius 1 is 0.868 bits per heavy atom. The molecule has 1 atom stereocenters. The number of carboxylic acid groups (broad SMARTS) is 1. The lowest BCUT2D eigenvalue weighted by molar-refractivity contribution is -0.137. The van der Waals surface area contributed by atoms with Crippen molar-refractivity contribution < 1.29 is 46.6 Å². The number of hydrogen-bond acceptors (Lipinski definition) is 12. The summed E-state index contributed by atoms with van der Waals surface area (Å²) >= 11 is 1.36. The summed E-state index contributed by atoms with van der Waals surface area (Å²) in [7, 11) is 1.77. The molecule has 4 aliphatic rings. The highest BCUT2D eigenvalue weighted by Crippen LogP contribution is 2.42. The van der Waals surface area contributed by atoms with Crippen molar-refractivity contribution >= 4 is 72.8 Å². The Morgan fingerprint density at radius 2 is 1.66 bits per heavy atom. The number of anilines is 3. The van der Waals surface area contributed by atoms with Crippen LogP contribution in [0.25, 0.3) is 32.2 Å². The summed E-state index contributed by atoms with van der Waals surface area (Å²) in [5, 5.41) is 21.3. The Balaban J connectivity index is 0.680. The Bertz CT molecular complexity index is 3370. The van der Waals surface area contributed by atoms with E-state index in [4.69, 9.17) is 4.74 Å². The topological polar surface area (TPSA) is 175 Å². The first-order valence-electron chi connectivity index (χ1n) is 25.8. The molecular weight excluding hydrogens is 1000 g/mol. The van der Waals surface area contributed by atoms with E-state index in [0.29, 0.717) is 78.7 Å². The van der Waals surface area contributed by atoms with E-state index < -0.39 is 35.2 Å². The van der Waals surface area contributed by atoms with Crippen molar-refractivity contribution in [3.8, 4) is 16.9 Å². The van der Waals surface area contributed by atoms with Crippen molar-refractivity contribution in [1.29, 1.82) is 0 Å². The first-order valence-corrected chi connectivity index (χ1v) is 26.6. The Kier molecular flexibility index (Phi) is 14.0. The van der Waals surface area contributed by atoms with Gasteiger partial charge in [0.15, 0.2) is 10.8 Å². The van der Waals surface area contributed by atoms with Gasteiger partial charge in [0, 0.05) is 69.3 Å².